The molecule has 0 fully saturated rings. The summed E-state index contributed by atoms with van der Waals surface area (Å²) in [6, 6.07) is 7.83. The van der Waals surface area contributed by atoms with Gasteiger partial charge < -0.3 is 0 Å². The third kappa shape index (κ3) is 1.42. The van der Waals surface area contributed by atoms with Gasteiger partial charge in [-0.15, -0.1) is 21.5 Å². The van der Waals surface area contributed by atoms with Crippen molar-refractivity contribution >= 4 is 28.6 Å². The van der Waals surface area contributed by atoms with Gasteiger partial charge in [0.1, 0.15) is 0 Å². The number of rotatable bonds is 1. The zero-order valence-electron chi connectivity index (χ0n) is 8.51. The highest BCUT2D eigenvalue weighted by Gasteiger charge is 2.11. The molecule has 3 aromatic rings. The van der Waals surface area contributed by atoms with Gasteiger partial charge in [-0.05, 0) is 31.2 Å². The van der Waals surface area contributed by atoms with Crippen LogP contribution < -0.4 is 0 Å². The second-order valence-electron chi connectivity index (χ2n) is 3.48. The van der Waals surface area contributed by atoms with Gasteiger partial charge in [0.05, 0.1) is 9.90 Å². The highest BCUT2D eigenvalue weighted by Crippen LogP contribution is 2.27. The largest absolute Gasteiger partial charge is 0.281 e. The zero-order valence-corrected chi connectivity index (χ0v) is 10.1. The topological polar surface area (TPSA) is 30.2 Å². The van der Waals surface area contributed by atoms with Crippen LogP contribution in [-0.4, -0.2) is 14.6 Å². The molecule has 0 bridgehead atoms. The van der Waals surface area contributed by atoms with Crippen molar-refractivity contribution in [1.29, 1.82) is 0 Å². The summed E-state index contributed by atoms with van der Waals surface area (Å²) in [7, 11) is 0. The molecule has 0 unspecified atom stereocenters. The van der Waals surface area contributed by atoms with Crippen LogP contribution in [0.1, 0.15) is 4.88 Å². The molecule has 0 aromatic carbocycles. The number of aryl methyl sites for hydroxylation is 1. The molecule has 0 aliphatic carbocycles. The standard InChI is InChI=1S/C11H8ClN3S/c1-7-4-5-9(16-7)11-14-13-10-8(12)3-2-6-15(10)11/h2-6H,1H3. The van der Waals surface area contributed by atoms with Gasteiger partial charge in [0.15, 0.2) is 11.5 Å². The second-order valence-corrected chi connectivity index (χ2v) is 5.18. The molecule has 80 valence electrons. The Bertz CT molecular complexity index is 656. The fourth-order valence-electron chi connectivity index (χ4n) is 1.61. The Morgan fingerprint density at radius 3 is 2.88 bits per heavy atom. The first-order valence-corrected chi connectivity index (χ1v) is 6.01. The number of hydrogen-bond donors (Lipinski definition) is 0. The Hall–Kier alpha value is -1.39. The van der Waals surface area contributed by atoms with Crippen LogP contribution >= 0.6 is 22.9 Å². The van der Waals surface area contributed by atoms with Gasteiger partial charge in [-0.25, -0.2) is 0 Å². The Morgan fingerprint density at radius 2 is 2.12 bits per heavy atom. The minimum atomic E-state index is 0.620. The summed E-state index contributed by atoms with van der Waals surface area (Å²) in [5.41, 5.74) is 0.699. The molecule has 3 heterocycles. The number of hydrogen-bond acceptors (Lipinski definition) is 3. The second kappa shape index (κ2) is 3.57. The van der Waals surface area contributed by atoms with E-state index in [0.29, 0.717) is 10.7 Å². The molecule has 0 saturated heterocycles. The predicted octanol–water partition coefficient (Wildman–Crippen LogP) is 3.42. The van der Waals surface area contributed by atoms with Gasteiger partial charge in [0.25, 0.3) is 0 Å². The maximum atomic E-state index is 6.04. The molecular weight excluding hydrogens is 242 g/mol. The predicted molar refractivity (Wildman–Crippen MR) is 66.0 cm³/mol. The quantitative estimate of drug-likeness (QED) is 0.662. The molecule has 0 N–H and O–H groups in total. The van der Waals surface area contributed by atoms with E-state index in [2.05, 4.69) is 29.3 Å². The lowest BCUT2D eigenvalue weighted by molar-refractivity contribution is 1.12. The first-order valence-electron chi connectivity index (χ1n) is 4.82. The van der Waals surface area contributed by atoms with E-state index in [1.807, 2.05) is 22.7 Å². The van der Waals surface area contributed by atoms with Crippen molar-refractivity contribution in [3.8, 4) is 10.7 Å². The zero-order chi connectivity index (χ0) is 11.1. The molecule has 3 nitrogen and oxygen atoms in total. The minimum absolute atomic E-state index is 0.620. The van der Waals surface area contributed by atoms with Crippen LogP contribution in [-0.2, 0) is 0 Å². The summed E-state index contributed by atoms with van der Waals surface area (Å²) < 4.78 is 1.91. The summed E-state index contributed by atoms with van der Waals surface area (Å²) >= 11 is 7.74. The fraction of sp³-hybridized carbons (Fsp3) is 0.0909. The van der Waals surface area contributed by atoms with E-state index in [4.69, 9.17) is 11.6 Å². The Labute approximate surface area is 101 Å². The van der Waals surface area contributed by atoms with Crippen molar-refractivity contribution in [1.82, 2.24) is 14.6 Å². The Balaban J connectivity index is 2.29. The van der Waals surface area contributed by atoms with Gasteiger partial charge in [-0.3, -0.25) is 4.40 Å². The molecule has 0 saturated carbocycles. The van der Waals surface area contributed by atoms with E-state index in [1.54, 1.807) is 11.3 Å². The van der Waals surface area contributed by atoms with Crippen LogP contribution in [0.25, 0.3) is 16.3 Å². The van der Waals surface area contributed by atoms with Crippen LogP contribution in [0.2, 0.25) is 5.02 Å². The van der Waals surface area contributed by atoms with Gasteiger partial charge in [0.2, 0.25) is 0 Å². The first kappa shape index (κ1) is 9.81. The van der Waals surface area contributed by atoms with Crippen LogP contribution in [0.15, 0.2) is 30.5 Å². The highest BCUT2D eigenvalue weighted by atomic mass is 35.5. The van der Waals surface area contributed by atoms with E-state index in [1.165, 1.54) is 4.88 Å². The Morgan fingerprint density at radius 1 is 1.25 bits per heavy atom. The molecule has 0 aliphatic rings. The molecule has 0 aliphatic heterocycles. The van der Waals surface area contributed by atoms with Crippen molar-refractivity contribution in [2.24, 2.45) is 0 Å². The lowest BCUT2D eigenvalue weighted by atomic mass is 10.4. The summed E-state index contributed by atoms with van der Waals surface area (Å²) in [5.74, 6) is 0.843. The lowest BCUT2D eigenvalue weighted by Crippen LogP contribution is -1.86. The fourth-order valence-corrected chi connectivity index (χ4v) is 2.66. The average molecular weight is 250 g/mol. The molecule has 0 radical (unpaired) electrons. The number of pyridine rings is 1. The summed E-state index contributed by atoms with van der Waals surface area (Å²) in [4.78, 5) is 2.36. The van der Waals surface area contributed by atoms with Crippen LogP contribution in [0, 0.1) is 6.92 Å². The van der Waals surface area contributed by atoms with E-state index in [-0.39, 0.29) is 0 Å². The average Bonchev–Trinajstić information content (AvgIpc) is 2.84. The van der Waals surface area contributed by atoms with E-state index >= 15 is 0 Å². The van der Waals surface area contributed by atoms with E-state index < -0.39 is 0 Å². The molecule has 0 spiro atoms. The lowest BCUT2D eigenvalue weighted by Gasteiger charge is -1.96. The summed E-state index contributed by atoms with van der Waals surface area (Å²) in [6.45, 7) is 2.07. The van der Waals surface area contributed by atoms with Crippen LogP contribution in [0.5, 0.6) is 0 Å². The molecule has 16 heavy (non-hydrogen) atoms. The van der Waals surface area contributed by atoms with Gasteiger partial charge in [-0.2, -0.15) is 0 Å². The van der Waals surface area contributed by atoms with Crippen molar-refractivity contribution in [2.45, 2.75) is 6.92 Å². The maximum Gasteiger partial charge on any atom is 0.179 e. The molecule has 0 amide bonds. The van der Waals surface area contributed by atoms with E-state index in [0.717, 1.165) is 10.7 Å². The van der Waals surface area contributed by atoms with Crippen molar-refractivity contribution in [2.75, 3.05) is 0 Å². The molecule has 3 rings (SSSR count). The maximum absolute atomic E-state index is 6.04. The number of nitrogens with zero attached hydrogens (tertiary/aromatic N) is 3. The first-order chi connectivity index (χ1) is 7.75. The van der Waals surface area contributed by atoms with Gasteiger partial charge >= 0.3 is 0 Å². The van der Waals surface area contributed by atoms with Gasteiger partial charge in [0, 0.05) is 11.1 Å². The molecule has 0 atom stereocenters. The smallest absolute Gasteiger partial charge is 0.179 e. The highest BCUT2D eigenvalue weighted by molar-refractivity contribution is 7.15. The third-order valence-corrected chi connectivity index (χ3v) is 3.64. The summed E-state index contributed by atoms with van der Waals surface area (Å²) in [6.07, 6.45) is 1.92. The SMILES string of the molecule is Cc1ccc(-c2nnc3c(Cl)cccn23)s1. The van der Waals surface area contributed by atoms with Crippen molar-refractivity contribution in [3.05, 3.63) is 40.4 Å². The third-order valence-electron chi connectivity index (χ3n) is 2.35. The number of halogens is 1. The number of thiophene rings is 1. The molecule has 3 aromatic heterocycles. The van der Waals surface area contributed by atoms with Crippen LogP contribution in [0.4, 0.5) is 0 Å². The molecule has 5 heteroatoms. The van der Waals surface area contributed by atoms with Crippen molar-refractivity contribution < 1.29 is 0 Å². The van der Waals surface area contributed by atoms with Gasteiger partial charge in [-0.1, -0.05) is 11.6 Å². The normalized spacial score (nSPS) is 11.1. The number of aromatic nitrogens is 3. The monoisotopic (exact) mass is 249 g/mol. The summed E-state index contributed by atoms with van der Waals surface area (Å²) in [5, 5.41) is 8.89. The minimum Gasteiger partial charge on any atom is -0.281 e. The Kier molecular flexibility index (Phi) is 2.19. The van der Waals surface area contributed by atoms with Crippen molar-refractivity contribution in [3.63, 3.8) is 0 Å². The van der Waals surface area contributed by atoms with Crippen LogP contribution in [0.3, 0.4) is 0 Å². The number of fused-ring (bicyclic) bond motifs is 1. The van der Waals surface area contributed by atoms with E-state index in [9.17, 15) is 0 Å². The molecular formula is C11H8ClN3S.